The lowest BCUT2D eigenvalue weighted by molar-refractivity contribution is 0.404. The number of ether oxygens (including phenoxy) is 1. The van der Waals surface area contributed by atoms with E-state index in [2.05, 4.69) is 48.0 Å². The fourth-order valence-corrected chi connectivity index (χ4v) is 3.76. The van der Waals surface area contributed by atoms with Crippen molar-refractivity contribution in [3.63, 3.8) is 0 Å². The van der Waals surface area contributed by atoms with Crippen LogP contribution in [0, 0.1) is 0 Å². The molecule has 1 heterocycles. The van der Waals surface area contributed by atoms with Gasteiger partial charge in [0.1, 0.15) is 5.75 Å². The summed E-state index contributed by atoms with van der Waals surface area (Å²) in [6.45, 7) is 2.25. The summed E-state index contributed by atoms with van der Waals surface area (Å²) in [5, 5.41) is 5.93. The Hall–Kier alpha value is -1.32. The van der Waals surface area contributed by atoms with Gasteiger partial charge in [0.15, 0.2) is 0 Å². The van der Waals surface area contributed by atoms with Crippen molar-refractivity contribution in [2.24, 2.45) is 0 Å². The van der Waals surface area contributed by atoms with Crippen LogP contribution in [0.5, 0.6) is 5.75 Å². The molecule has 1 aliphatic carbocycles. The van der Waals surface area contributed by atoms with Crippen molar-refractivity contribution >= 4 is 11.3 Å². The van der Waals surface area contributed by atoms with Crippen molar-refractivity contribution < 1.29 is 4.74 Å². The molecule has 2 nitrogen and oxygen atoms in total. The van der Waals surface area contributed by atoms with Crippen LogP contribution < -0.4 is 10.1 Å². The Morgan fingerprint density at radius 3 is 3.00 bits per heavy atom. The lowest BCUT2D eigenvalue weighted by atomic mass is 9.87. The molecule has 20 heavy (non-hydrogen) atoms. The Balaban J connectivity index is 1.79. The van der Waals surface area contributed by atoms with Crippen LogP contribution in [0.4, 0.5) is 0 Å². The minimum atomic E-state index is 0.410. The molecule has 1 aliphatic rings. The van der Waals surface area contributed by atoms with E-state index < -0.39 is 0 Å². The van der Waals surface area contributed by atoms with Crippen LogP contribution in [0.3, 0.4) is 0 Å². The van der Waals surface area contributed by atoms with E-state index in [0.717, 1.165) is 12.2 Å². The zero-order valence-electron chi connectivity index (χ0n) is 12.1. The van der Waals surface area contributed by atoms with E-state index >= 15 is 0 Å². The number of methoxy groups -OCH3 is 1. The number of hydrogen-bond donors (Lipinski definition) is 1. The molecule has 0 spiro atoms. The van der Waals surface area contributed by atoms with Gasteiger partial charge in [0.2, 0.25) is 0 Å². The third-order valence-corrected chi connectivity index (χ3v) is 5.14. The van der Waals surface area contributed by atoms with Crippen molar-refractivity contribution in [2.75, 3.05) is 7.11 Å². The SMILES string of the molecule is COc1ccc2c(c1)CCCC2N[C@@H](C)c1cccs1. The molecule has 1 aromatic heterocycles. The predicted molar refractivity (Wildman–Crippen MR) is 84.5 cm³/mol. The first kappa shape index (κ1) is 13.7. The number of aryl methyl sites for hydroxylation is 1. The van der Waals surface area contributed by atoms with Gasteiger partial charge in [-0.25, -0.2) is 0 Å². The van der Waals surface area contributed by atoms with Crippen molar-refractivity contribution in [3.8, 4) is 5.75 Å². The van der Waals surface area contributed by atoms with Gasteiger partial charge < -0.3 is 10.1 Å². The molecule has 3 heteroatoms. The van der Waals surface area contributed by atoms with E-state index in [-0.39, 0.29) is 0 Å². The molecule has 1 N–H and O–H groups in total. The second-order valence-electron chi connectivity index (χ2n) is 5.41. The highest BCUT2D eigenvalue weighted by Gasteiger charge is 2.22. The molecule has 106 valence electrons. The molecule has 0 fully saturated rings. The van der Waals surface area contributed by atoms with E-state index in [9.17, 15) is 0 Å². The van der Waals surface area contributed by atoms with Crippen molar-refractivity contribution in [1.82, 2.24) is 5.32 Å². The molecule has 1 unspecified atom stereocenters. The van der Waals surface area contributed by atoms with Gasteiger partial charge in [-0.3, -0.25) is 0 Å². The highest BCUT2D eigenvalue weighted by molar-refractivity contribution is 7.10. The topological polar surface area (TPSA) is 21.3 Å². The number of fused-ring (bicyclic) bond motifs is 1. The summed E-state index contributed by atoms with van der Waals surface area (Å²) in [6.07, 6.45) is 3.63. The lowest BCUT2D eigenvalue weighted by Gasteiger charge is -2.29. The normalized spacial score (nSPS) is 19.4. The van der Waals surface area contributed by atoms with Gasteiger partial charge in [-0.2, -0.15) is 0 Å². The summed E-state index contributed by atoms with van der Waals surface area (Å²) in [5.41, 5.74) is 2.88. The second-order valence-corrected chi connectivity index (χ2v) is 6.39. The van der Waals surface area contributed by atoms with E-state index in [1.165, 1.54) is 28.8 Å². The zero-order chi connectivity index (χ0) is 13.9. The summed E-state index contributed by atoms with van der Waals surface area (Å²) in [7, 11) is 1.74. The highest BCUT2D eigenvalue weighted by Crippen LogP contribution is 2.34. The third-order valence-electron chi connectivity index (χ3n) is 4.09. The molecule has 2 atom stereocenters. The summed E-state index contributed by atoms with van der Waals surface area (Å²) in [4.78, 5) is 1.41. The van der Waals surface area contributed by atoms with Gasteiger partial charge >= 0.3 is 0 Å². The Labute approximate surface area is 124 Å². The van der Waals surface area contributed by atoms with Crippen LogP contribution in [0.1, 0.15) is 47.9 Å². The molecule has 0 amide bonds. The molecule has 0 radical (unpaired) electrons. The Kier molecular flexibility index (Phi) is 4.08. The maximum absolute atomic E-state index is 5.34. The molecule has 1 aromatic carbocycles. The van der Waals surface area contributed by atoms with Crippen LogP contribution in [-0.2, 0) is 6.42 Å². The minimum absolute atomic E-state index is 0.410. The van der Waals surface area contributed by atoms with Gasteiger partial charge in [-0.1, -0.05) is 12.1 Å². The van der Waals surface area contributed by atoms with Crippen LogP contribution >= 0.6 is 11.3 Å². The third kappa shape index (κ3) is 2.74. The molecule has 0 bridgehead atoms. The molecule has 2 aromatic rings. The molecule has 0 saturated heterocycles. The predicted octanol–water partition coefficient (Wildman–Crippen LogP) is 4.48. The fraction of sp³-hybridized carbons (Fsp3) is 0.412. The average Bonchev–Trinajstić information content (AvgIpc) is 3.01. The standard InChI is InChI=1S/C17H21NOS/c1-12(17-7-4-10-20-17)18-16-6-3-5-13-11-14(19-2)8-9-15(13)16/h4,7-12,16,18H,3,5-6H2,1-2H3/t12-,16?/m0/s1. The zero-order valence-corrected chi connectivity index (χ0v) is 12.9. The number of rotatable bonds is 4. The Bertz CT molecular complexity index is 564. The largest absolute Gasteiger partial charge is 0.497 e. The Morgan fingerprint density at radius 1 is 1.35 bits per heavy atom. The number of hydrogen-bond acceptors (Lipinski definition) is 3. The minimum Gasteiger partial charge on any atom is -0.497 e. The molecule has 0 aliphatic heterocycles. The highest BCUT2D eigenvalue weighted by atomic mass is 32.1. The first-order valence-corrected chi connectivity index (χ1v) is 8.12. The van der Waals surface area contributed by atoms with Gasteiger partial charge in [0, 0.05) is 17.0 Å². The maximum atomic E-state index is 5.34. The summed E-state index contributed by atoms with van der Waals surface area (Å²) >= 11 is 1.82. The fourth-order valence-electron chi connectivity index (χ4n) is 3.01. The smallest absolute Gasteiger partial charge is 0.119 e. The first-order valence-electron chi connectivity index (χ1n) is 7.24. The quantitative estimate of drug-likeness (QED) is 0.895. The van der Waals surface area contributed by atoms with Crippen LogP contribution in [0.15, 0.2) is 35.7 Å². The summed E-state index contributed by atoms with van der Waals surface area (Å²) in [5.74, 6) is 0.968. The number of benzene rings is 1. The second kappa shape index (κ2) is 5.98. The van der Waals surface area contributed by atoms with E-state index in [1.54, 1.807) is 7.11 Å². The summed E-state index contributed by atoms with van der Waals surface area (Å²) < 4.78 is 5.34. The molecular formula is C17H21NOS. The van der Waals surface area contributed by atoms with Gasteiger partial charge in [-0.15, -0.1) is 11.3 Å². The molecular weight excluding hydrogens is 266 g/mol. The molecule has 0 saturated carbocycles. The van der Waals surface area contributed by atoms with Crippen molar-refractivity contribution in [2.45, 2.75) is 38.3 Å². The molecule has 3 rings (SSSR count). The lowest BCUT2D eigenvalue weighted by Crippen LogP contribution is -2.27. The Morgan fingerprint density at radius 2 is 2.25 bits per heavy atom. The van der Waals surface area contributed by atoms with E-state index in [0.29, 0.717) is 12.1 Å². The first-order chi connectivity index (χ1) is 9.78. The number of thiophene rings is 1. The average molecular weight is 287 g/mol. The monoisotopic (exact) mass is 287 g/mol. The van der Waals surface area contributed by atoms with Crippen LogP contribution in [0.2, 0.25) is 0 Å². The van der Waals surface area contributed by atoms with Crippen molar-refractivity contribution in [1.29, 1.82) is 0 Å². The van der Waals surface area contributed by atoms with Gasteiger partial charge in [0.25, 0.3) is 0 Å². The van der Waals surface area contributed by atoms with Gasteiger partial charge in [-0.05, 0) is 60.9 Å². The number of nitrogens with one attached hydrogen (secondary N) is 1. The van der Waals surface area contributed by atoms with Crippen LogP contribution in [0.25, 0.3) is 0 Å². The van der Waals surface area contributed by atoms with Crippen LogP contribution in [-0.4, -0.2) is 7.11 Å². The van der Waals surface area contributed by atoms with E-state index in [1.807, 2.05) is 11.3 Å². The summed E-state index contributed by atoms with van der Waals surface area (Å²) in [6, 6.07) is 11.7. The van der Waals surface area contributed by atoms with Gasteiger partial charge in [0.05, 0.1) is 7.11 Å². The van der Waals surface area contributed by atoms with Crippen molar-refractivity contribution in [3.05, 3.63) is 51.7 Å². The maximum Gasteiger partial charge on any atom is 0.119 e. The van der Waals surface area contributed by atoms with E-state index in [4.69, 9.17) is 4.74 Å².